The first-order chi connectivity index (χ1) is 24.1. The lowest BCUT2D eigenvalue weighted by molar-refractivity contribution is -0.133. The molecule has 3 aromatic heterocycles. The normalized spacial score (nSPS) is 14.0. The minimum Gasteiger partial charge on any atom is -0.455 e. The van der Waals surface area contributed by atoms with Crippen molar-refractivity contribution in [1.82, 2.24) is 25.2 Å². The number of nitrogens with zero attached hydrogens (tertiary/aromatic N) is 3. The summed E-state index contributed by atoms with van der Waals surface area (Å²) < 4.78 is 7.93. The van der Waals surface area contributed by atoms with E-state index in [2.05, 4.69) is 44.7 Å². The first kappa shape index (κ1) is 33.6. The highest BCUT2D eigenvalue weighted by Crippen LogP contribution is 2.32. The monoisotopic (exact) mass is 668 g/mol. The Hall–Kier alpha value is -6.28. The van der Waals surface area contributed by atoms with Crippen LogP contribution in [0.3, 0.4) is 0 Å². The molecule has 5 aromatic rings. The largest absolute Gasteiger partial charge is 0.455 e. The Kier molecular flexibility index (Phi) is 9.72. The van der Waals surface area contributed by atoms with E-state index < -0.39 is 6.04 Å². The van der Waals surface area contributed by atoms with Crippen molar-refractivity contribution in [2.24, 2.45) is 7.05 Å². The number of anilines is 1. The van der Waals surface area contributed by atoms with Gasteiger partial charge >= 0.3 is 0 Å². The number of carbonyl (C=O) groups is 3. The Morgan fingerprint density at radius 3 is 2.60 bits per heavy atom. The minimum absolute atomic E-state index is 0.0371. The number of carbonyl (C=O) groups excluding carboxylic acids is 3. The van der Waals surface area contributed by atoms with Gasteiger partial charge in [0.1, 0.15) is 23.2 Å². The molecular weight excluding hydrogens is 632 g/mol. The van der Waals surface area contributed by atoms with Gasteiger partial charge in [0.15, 0.2) is 0 Å². The maximum absolute atomic E-state index is 12.9. The van der Waals surface area contributed by atoms with E-state index >= 15 is 0 Å². The van der Waals surface area contributed by atoms with Crippen LogP contribution in [0.4, 0.5) is 5.69 Å². The van der Waals surface area contributed by atoms with Gasteiger partial charge in [-0.2, -0.15) is 0 Å². The summed E-state index contributed by atoms with van der Waals surface area (Å²) in [6.07, 6.45) is 4.76. The Morgan fingerprint density at radius 1 is 1.02 bits per heavy atom. The average molecular weight is 669 g/mol. The van der Waals surface area contributed by atoms with Gasteiger partial charge < -0.3 is 19.9 Å². The van der Waals surface area contributed by atoms with Crippen molar-refractivity contribution < 1.29 is 19.1 Å². The summed E-state index contributed by atoms with van der Waals surface area (Å²) in [6.45, 7) is 5.78. The summed E-state index contributed by atoms with van der Waals surface area (Å²) in [5.41, 5.74) is 6.29. The lowest BCUT2D eigenvalue weighted by Gasteiger charge is -2.22. The molecular formula is C39H36N6O5. The van der Waals surface area contributed by atoms with E-state index in [4.69, 9.17) is 4.74 Å². The third-order valence-corrected chi connectivity index (χ3v) is 8.52. The molecule has 0 radical (unpaired) electrons. The van der Waals surface area contributed by atoms with E-state index in [1.165, 1.54) is 0 Å². The average Bonchev–Trinajstić information content (AvgIpc) is 3.11. The highest BCUT2D eigenvalue weighted by atomic mass is 16.5. The zero-order valence-electron chi connectivity index (χ0n) is 28.2. The van der Waals surface area contributed by atoms with Gasteiger partial charge in [-0.15, -0.1) is 0 Å². The molecule has 1 fully saturated rings. The first-order valence-electron chi connectivity index (χ1n) is 16.3. The molecule has 1 aliphatic rings. The standard InChI is InChI=1S/C39H36N6O5/c1-5-25-19-33-30(17-24(3)39(49)45(33)4)34(20-25)50-29-11-12-31(41-22-29)27-16-23(2)36(42-21-27)38(48)40-15-7-9-26-8-6-10-28(18-26)43-32-13-14-35(46)44-37(32)47/h6,8,10-12,16-22,32,43H,5,13-15H2,1-4H3,(H,40,48)(H,44,46,47). The van der Waals surface area contributed by atoms with Gasteiger partial charge in [-0.1, -0.05) is 24.8 Å². The molecule has 11 nitrogen and oxygen atoms in total. The number of pyridine rings is 3. The van der Waals surface area contributed by atoms with Crippen molar-refractivity contribution >= 4 is 34.3 Å². The van der Waals surface area contributed by atoms with Gasteiger partial charge in [-0.3, -0.25) is 34.5 Å². The summed E-state index contributed by atoms with van der Waals surface area (Å²) in [4.78, 5) is 57.9. The van der Waals surface area contributed by atoms with Crippen LogP contribution in [0.5, 0.6) is 11.5 Å². The molecule has 11 heteroatoms. The first-order valence-corrected chi connectivity index (χ1v) is 16.3. The summed E-state index contributed by atoms with van der Waals surface area (Å²) >= 11 is 0. The second kappa shape index (κ2) is 14.5. The van der Waals surface area contributed by atoms with Gasteiger partial charge in [0.25, 0.3) is 11.5 Å². The number of aryl methyl sites for hydroxylation is 4. The quantitative estimate of drug-likeness (QED) is 0.155. The Labute approximate surface area is 289 Å². The molecule has 50 heavy (non-hydrogen) atoms. The zero-order chi connectivity index (χ0) is 35.4. The fourth-order valence-corrected chi connectivity index (χ4v) is 5.80. The Bertz CT molecular complexity index is 2270. The topological polar surface area (TPSA) is 144 Å². The van der Waals surface area contributed by atoms with E-state index in [1.807, 2.05) is 67.6 Å². The van der Waals surface area contributed by atoms with E-state index in [1.54, 1.807) is 30.9 Å². The van der Waals surface area contributed by atoms with Crippen LogP contribution in [0, 0.1) is 25.7 Å². The molecule has 1 atom stereocenters. The number of aromatic nitrogens is 3. The molecule has 1 aliphatic heterocycles. The second-order valence-corrected chi connectivity index (χ2v) is 12.2. The van der Waals surface area contributed by atoms with Crippen LogP contribution in [0.2, 0.25) is 0 Å². The molecule has 4 heterocycles. The summed E-state index contributed by atoms with van der Waals surface area (Å²) in [7, 11) is 1.77. The maximum atomic E-state index is 12.9. The molecule has 1 unspecified atom stereocenters. The lowest BCUT2D eigenvalue weighted by atomic mass is 10.1. The van der Waals surface area contributed by atoms with Crippen LogP contribution < -0.4 is 26.2 Å². The molecule has 0 aliphatic carbocycles. The van der Waals surface area contributed by atoms with Gasteiger partial charge in [0.05, 0.1) is 24.0 Å². The molecule has 0 bridgehead atoms. The second-order valence-electron chi connectivity index (χ2n) is 12.2. The van der Waals surface area contributed by atoms with Crippen molar-refractivity contribution in [2.75, 3.05) is 11.9 Å². The highest BCUT2D eigenvalue weighted by Gasteiger charge is 2.26. The van der Waals surface area contributed by atoms with E-state index in [0.717, 1.165) is 28.5 Å². The number of piperidine rings is 1. The number of rotatable bonds is 8. The smallest absolute Gasteiger partial charge is 0.270 e. The van der Waals surface area contributed by atoms with E-state index in [0.29, 0.717) is 51.7 Å². The van der Waals surface area contributed by atoms with Gasteiger partial charge in [0.2, 0.25) is 11.8 Å². The van der Waals surface area contributed by atoms with E-state index in [-0.39, 0.29) is 36.2 Å². The van der Waals surface area contributed by atoms with Crippen molar-refractivity contribution in [3.05, 3.63) is 111 Å². The molecule has 6 rings (SSSR count). The van der Waals surface area contributed by atoms with Gasteiger partial charge in [-0.05, 0) is 92.4 Å². The van der Waals surface area contributed by atoms with Gasteiger partial charge in [0, 0.05) is 47.4 Å². The predicted octanol–water partition coefficient (Wildman–Crippen LogP) is 4.97. The Balaban J connectivity index is 1.08. The summed E-state index contributed by atoms with van der Waals surface area (Å²) in [5, 5.41) is 9.12. The van der Waals surface area contributed by atoms with Crippen molar-refractivity contribution in [1.29, 1.82) is 0 Å². The molecule has 3 amide bonds. The van der Waals surface area contributed by atoms with E-state index in [9.17, 15) is 19.2 Å². The summed E-state index contributed by atoms with van der Waals surface area (Å²) in [6, 6.07) is 18.2. The highest BCUT2D eigenvalue weighted by molar-refractivity contribution is 6.01. The number of hydrogen-bond donors (Lipinski definition) is 3. The number of imide groups is 1. The minimum atomic E-state index is -0.486. The molecule has 252 valence electrons. The summed E-state index contributed by atoms with van der Waals surface area (Å²) in [5.74, 6) is 6.23. The number of amides is 3. The van der Waals surface area contributed by atoms with Gasteiger partial charge in [-0.25, -0.2) is 0 Å². The number of fused-ring (bicyclic) bond motifs is 1. The van der Waals surface area contributed by atoms with Crippen LogP contribution >= 0.6 is 0 Å². The van der Waals surface area contributed by atoms with Crippen molar-refractivity contribution in [2.45, 2.75) is 46.1 Å². The maximum Gasteiger partial charge on any atom is 0.270 e. The van der Waals surface area contributed by atoms with Crippen molar-refractivity contribution in [3.8, 4) is 34.6 Å². The van der Waals surface area contributed by atoms with Crippen LogP contribution in [0.1, 0.15) is 52.5 Å². The van der Waals surface area contributed by atoms with Crippen LogP contribution in [-0.2, 0) is 23.1 Å². The third-order valence-electron chi connectivity index (χ3n) is 8.52. The van der Waals surface area contributed by atoms with Crippen LogP contribution in [-0.4, -0.2) is 44.8 Å². The zero-order valence-corrected chi connectivity index (χ0v) is 28.2. The molecule has 0 saturated carbocycles. The van der Waals surface area contributed by atoms with Crippen LogP contribution in [0.15, 0.2) is 77.9 Å². The fourth-order valence-electron chi connectivity index (χ4n) is 5.80. The number of hydrogen-bond acceptors (Lipinski definition) is 8. The molecule has 0 spiro atoms. The number of nitrogens with one attached hydrogen (secondary N) is 3. The van der Waals surface area contributed by atoms with Crippen molar-refractivity contribution in [3.63, 3.8) is 0 Å². The lowest BCUT2D eigenvalue weighted by Crippen LogP contribution is -2.47. The third kappa shape index (κ3) is 7.39. The molecule has 2 aromatic carbocycles. The molecule has 1 saturated heterocycles. The number of ether oxygens (including phenoxy) is 1. The van der Waals surface area contributed by atoms with Crippen LogP contribution in [0.25, 0.3) is 22.2 Å². The Morgan fingerprint density at radius 2 is 1.86 bits per heavy atom. The number of benzene rings is 2. The molecule has 3 N–H and O–H groups in total. The SMILES string of the molecule is CCc1cc(Oc2ccc(-c3cnc(C(=O)NCC#Cc4cccc(NC5CCC(=O)NC5=O)c4)c(C)c3)nc2)c2cc(C)c(=O)n(C)c2c1. The fraction of sp³-hybridized carbons (Fsp3) is 0.231. The predicted molar refractivity (Wildman–Crippen MR) is 191 cm³/mol.